The molecule has 108 valence electrons. The van der Waals surface area contributed by atoms with E-state index >= 15 is 0 Å². The third kappa shape index (κ3) is 2.63. The van der Waals surface area contributed by atoms with E-state index in [1.54, 1.807) is 13.2 Å². The van der Waals surface area contributed by atoms with Crippen LogP contribution < -0.4 is 10.5 Å². The monoisotopic (exact) mass is 286 g/mol. The molecule has 0 aliphatic carbocycles. The van der Waals surface area contributed by atoms with E-state index in [9.17, 15) is 0 Å². The van der Waals surface area contributed by atoms with Crippen LogP contribution in [0.4, 0.5) is 5.95 Å². The molecule has 7 heteroatoms. The van der Waals surface area contributed by atoms with Crippen LogP contribution in [-0.4, -0.2) is 29.2 Å². The average Bonchev–Trinajstić information content (AvgIpc) is 2.88. The SMILES string of the molecule is COCc1nc2cc(-c3cc(OC)nc(N)n3)ccc2o1. The van der Waals surface area contributed by atoms with Crippen molar-refractivity contribution in [3.8, 4) is 17.1 Å². The number of aromatic nitrogens is 3. The quantitative estimate of drug-likeness (QED) is 0.783. The Morgan fingerprint density at radius 1 is 1.14 bits per heavy atom. The van der Waals surface area contributed by atoms with Crippen LogP contribution in [0, 0.1) is 0 Å². The third-order valence-electron chi connectivity index (χ3n) is 2.92. The lowest BCUT2D eigenvalue weighted by Crippen LogP contribution is -1.99. The molecule has 0 saturated carbocycles. The minimum Gasteiger partial charge on any atom is -0.481 e. The first kappa shape index (κ1) is 13.3. The van der Waals surface area contributed by atoms with Gasteiger partial charge in [0.1, 0.15) is 12.1 Å². The molecule has 0 atom stereocenters. The van der Waals surface area contributed by atoms with Gasteiger partial charge in [0.25, 0.3) is 0 Å². The van der Waals surface area contributed by atoms with Crippen LogP contribution >= 0.6 is 0 Å². The van der Waals surface area contributed by atoms with Gasteiger partial charge in [-0.25, -0.2) is 9.97 Å². The molecule has 1 aromatic carbocycles. The molecule has 0 radical (unpaired) electrons. The Balaban J connectivity index is 2.05. The van der Waals surface area contributed by atoms with Gasteiger partial charge in [0.2, 0.25) is 17.7 Å². The van der Waals surface area contributed by atoms with E-state index in [0.29, 0.717) is 29.7 Å². The van der Waals surface area contributed by atoms with E-state index in [2.05, 4.69) is 15.0 Å². The van der Waals surface area contributed by atoms with Crippen molar-refractivity contribution >= 4 is 17.0 Å². The lowest BCUT2D eigenvalue weighted by atomic mass is 10.1. The van der Waals surface area contributed by atoms with E-state index in [1.165, 1.54) is 7.11 Å². The van der Waals surface area contributed by atoms with Gasteiger partial charge >= 0.3 is 0 Å². The molecule has 21 heavy (non-hydrogen) atoms. The molecule has 0 aliphatic heterocycles. The van der Waals surface area contributed by atoms with E-state index in [1.807, 2.05) is 18.2 Å². The summed E-state index contributed by atoms with van der Waals surface area (Å²) in [4.78, 5) is 12.5. The predicted octanol–water partition coefficient (Wildman–Crippen LogP) is 2.02. The minimum absolute atomic E-state index is 0.157. The van der Waals surface area contributed by atoms with Gasteiger partial charge in [0, 0.05) is 18.7 Å². The summed E-state index contributed by atoms with van der Waals surface area (Å²) < 4.78 is 15.7. The minimum atomic E-state index is 0.157. The zero-order chi connectivity index (χ0) is 14.8. The summed E-state index contributed by atoms with van der Waals surface area (Å²) in [6, 6.07) is 7.31. The summed E-state index contributed by atoms with van der Waals surface area (Å²) in [5, 5.41) is 0. The van der Waals surface area contributed by atoms with Crippen LogP contribution in [0.15, 0.2) is 28.7 Å². The maximum Gasteiger partial charge on any atom is 0.223 e. The Bertz CT molecular complexity index is 785. The lowest BCUT2D eigenvalue weighted by molar-refractivity contribution is 0.161. The molecule has 2 N–H and O–H groups in total. The van der Waals surface area contributed by atoms with Gasteiger partial charge in [0.05, 0.1) is 12.8 Å². The average molecular weight is 286 g/mol. The Morgan fingerprint density at radius 2 is 2.00 bits per heavy atom. The van der Waals surface area contributed by atoms with Crippen molar-refractivity contribution in [2.24, 2.45) is 0 Å². The van der Waals surface area contributed by atoms with Gasteiger partial charge in [-0.1, -0.05) is 0 Å². The topological polar surface area (TPSA) is 96.3 Å². The van der Waals surface area contributed by atoms with Gasteiger partial charge in [0.15, 0.2) is 5.58 Å². The van der Waals surface area contributed by atoms with Crippen LogP contribution in [0.2, 0.25) is 0 Å². The van der Waals surface area contributed by atoms with Crippen molar-refractivity contribution in [1.29, 1.82) is 0 Å². The van der Waals surface area contributed by atoms with Crippen molar-refractivity contribution in [3.63, 3.8) is 0 Å². The molecular weight excluding hydrogens is 272 g/mol. The number of nitrogens with two attached hydrogens (primary N) is 1. The molecule has 2 heterocycles. The van der Waals surface area contributed by atoms with Crippen LogP contribution in [0.1, 0.15) is 5.89 Å². The fourth-order valence-electron chi connectivity index (χ4n) is 2.01. The summed E-state index contributed by atoms with van der Waals surface area (Å²) in [6.07, 6.45) is 0. The zero-order valence-corrected chi connectivity index (χ0v) is 11.7. The van der Waals surface area contributed by atoms with Crippen LogP contribution in [0.5, 0.6) is 5.88 Å². The van der Waals surface area contributed by atoms with Crippen LogP contribution in [0.3, 0.4) is 0 Å². The summed E-state index contributed by atoms with van der Waals surface area (Å²) in [5.74, 6) is 1.10. The number of hydrogen-bond donors (Lipinski definition) is 1. The highest BCUT2D eigenvalue weighted by Crippen LogP contribution is 2.26. The maximum atomic E-state index is 5.68. The number of nitrogen functional groups attached to an aromatic ring is 1. The molecule has 0 bridgehead atoms. The fraction of sp³-hybridized carbons (Fsp3) is 0.214. The zero-order valence-electron chi connectivity index (χ0n) is 11.7. The first-order valence-corrected chi connectivity index (χ1v) is 6.27. The van der Waals surface area contributed by atoms with E-state index in [4.69, 9.17) is 19.6 Å². The van der Waals surface area contributed by atoms with Crippen LogP contribution in [0.25, 0.3) is 22.4 Å². The number of anilines is 1. The number of nitrogens with zero attached hydrogens (tertiary/aromatic N) is 3. The molecule has 0 amide bonds. The number of fused-ring (bicyclic) bond motifs is 1. The van der Waals surface area contributed by atoms with Crippen molar-refractivity contribution in [3.05, 3.63) is 30.2 Å². The highest BCUT2D eigenvalue weighted by Gasteiger charge is 2.10. The Hall–Kier alpha value is -2.67. The summed E-state index contributed by atoms with van der Waals surface area (Å²) in [6.45, 7) is 0.332. The predicted molar refractivity (Wildman–Crippen MR) is 76.7 cm³/mol. The maximum absolute atomic E-state index is 5.68. The Morgan fingerprint density at radius 3 is 2.76 bits per heavy atom. The number of hydrogen-bond acceptors (Lipinski definition) is 7. The molecule has 0 aliphatic rings. The van der Waals surface area contributed by atoms with Gasteiger partial charge in [-0.3, -0.25) is 0 Å². The number of ether oxygens (including phenoxy) is 2. The van der Waals surface area contributed by atoms with Crippen molar-refractivity contribution in [2.75, 3.05) is 20.0 Å². The first-order valence-electron chi connectivity index (χ1n) is 6.27. The molecule has 0 spiro atoms. The molecule has 3 aromatic rings. The summed E-state index contributed by atoms with van der Waals surface area (Å²) in [7, 11) is 3.12. The van der Waals surface area contributed by atoms with Gasteiger partial charge < -0.3 is 19.6 Å². The normalized spacial score (nSPS) is 11.0. The van der Waals surface area contributed by atoms with Gasteiger partial charge in [-0.2, -0.15) is 4.98 Å². The van der Waals surface area contributed by atoms with E-state index < -0.39 is 0 Å². The Kier molecular flexibility index (Phi) is 3.41. The van der Waals surface area contributed by atoms with Gasteiger partial charge in [-0.05, 0) is 18.2 Å². The molecule has 3 rings (SSSR count). The van der Waals surface area contributed by atoms with Crippen molar-refractivity contribution in [1.82, 2.24) is 15.0 Å². The number of rotatable bonds is 4. The Labute approximate surface area is 120 Å². The third-order valence-corrected chi connectivity index (χ3v) is 2.92. The highest BCUT2D eigenvalue weighted by molar-refractivity contribution is 5.79. The molecular formula is C14H14N4O3. The highest BCUT2D eigenvalue weighted by atomic mass is 16.5. The van der Waals surface area contributed by atoms with Crippen molar-refractivity contribution in [2.45, 2.75) is 6.61 Å². The second-order valence-corrected chi connectivity index (χ2v) is 4.38. The fourth-order valence-corrected chi connectivity index (χ4v) is 2.01. The molecule has 0 saturated heterocycles. The second kappa shape index (κ2) is 5.37. The first-order chi connectivity index (χ1) is 10.2. The summed E-state index contributed by atoms with van der Waals surface area (Å²) >= 11 is 0. The molecule has 0 fully saturated rings. The second-order valence-electron chi connectivity index (χ2n) is 4.38. The number of oxazole rings is 1. The summed E-state index contributed by atoms with van der Waals surface area (Å²) in [5.41, 5.74) is 8.62. The smallest absolute Gasteiger partial charge is 0.223 e. The van der Waals surface area contributed by atoms with E-state index in [-0.39, 0.29) is 5.95 Å². The lowest BCUT2D eigenvalue weighted by Gasteiger charge is -2.04. The standard InChI is InChI=1S/C14H14N4O3/c1-19-7-13-16-10-5-8(3-4-11(10)21-13)9-6-12(20-2)18-14(15)17-9/h3-6H,7H2,1-2H3,(H2,15,17,18). The number of methoxy groups -OCH3 is 2. The van der Waals surface area contributed by atoms with Crippen LogP contribution in [-0.2, 0) is 11.3 Å². The van der Waals surface area contributed by atoms with Gasteiger partial charge in [-0.15, -0.1) is 0 Å². The molecule has 7 nitrogen and oxygen atoms in total. The molecule has 2 aromatic heterocycles. The largest absolute Gasteiger partial charge is 0.481 e. The number of benzene rings is 1. The van der Waals surface area contributed by atoms with E-state index in [0.717, 1.165) is 11.1 Å². The van der Waals surface area contributed by atoms with Crippen molar-refractivity contribution < 1.29 is 13.9 Å². The molecule has 0 unspecified atom stereocenters.